The Morgan fingerprint density at radius 2 is 1.91 bits per heavy atom. The van der Waals surface area contributed by atoms with Crippen LogP contribution in [-0.4, -0.2) is 30.7 Å². The van der Waals surface area contributed by atoms with E-state index in [1.807, 2.05) is 6.07 Å². The third-order valence-electron chi connectivity index (χ3n) is 6.93. The summed E-state index contributed by atoms with van der Waals surface area (Å²) >= 11 is 0. The lowest BCUT2D eigenvalue weighted by molar-refractivity contribution is 0.174. The van der Waals surface area contributed by atoms with Crippen molar-refractivity contribution in [1.29, 1.82) is 0 Å². The van der Waals surface area contributed by atoms with Crippen LogP contribution in [0.3, 0.4) is 0 Å². The zero-order valence-electron chi connectivity index (χ0n) is 18.7. The normalized spacial score (nSPS) is 16.1. The van der Waals surface area contributed by atoms with Gasteiger partial charge in [0.1, 0.15) is 11.3 Å². The van der Waals surface area contributed by atoms with Crippen LogP contribution in [0.2, 0.25) is 0 Å². The highest BCUT2D eigenvalue weighted by Gasteiger charge is 2.26. The van der Waals surface area contributed by atoms with Crippen LogP contribution in [0.1, 0.15) is 31.2 Å². The number of benzene rings is 2. The molecule has 3 heterocycles. The van der Waals surface area contributed by atoms with E-state index in [1.165, 1.54) is 6.07 Å². The predicted molar refractivity (Wildman–Crippen MR) is 127 cm³/mol. The lowest BCUT2D eigenvalue weighted by Crippen LogP contribution is -2.27. The van der Waals surface area contributed by atoms with Crippen molar-refractivity contribution < 1.29 is 28.2 Å². The van der Waals surface area contributed by atoms with Crippen molar-refractivity contribution in [3.05, 3.63) is 58.4 Å². The number of hydrogen-bond donors (Lipinski definition) is 2. The van der Waals surface area contributed by atoms with Crippen molar-refractivity contribution in [2.24, 2.45) is 5.92 Å². The van der Waals surface area contributed by atoms with Crippen LogP contribution < -0.4 is 20.5 Å². The Morgan fingerprint density at radius 3 is 2.66 bits per heavy atom. The fourth-order valence-corrected chi connectivity index (χ4v) is 5.88. The van der Waals surface area contributed by atoms with Crippen LogP contribution in [0.15, 0.2) is 41.3 Å². The van der Waals surface area contributed by atoms with E-state index in [9.17, 15) is 23.5 Å². The van der Waals surface area contributed by atoms with E-state index >= 15 is 0 Å². The molecule has 2 N–H and O–H groups in total. The maximum atomic E-state index is 14.5. The molecule has 9 nitrogen and oxygen atoms in total. The van der Waals surface area contributed by atoms with Crippen LogP contribution in [-0.2, 0) is 17.7 Å². The molecule has 1 fully saturated rings. The molecule has 0 radical (unpaired) electrons. The monoisotopic (exact) mass is 499 g/mol. The molecule has 4 aromatic rings. The van der Waals surface area contributed by atoms with Crippen LogP contribution in [0, 0.1) is 11.7 Å². The average molecular weight is 499 g/mol. The molecule has 2 aliphatic rings. The van der Waals surface area contributed by atoms with Crippen LogP contribution in [0.5, 0.6) is 11.5 Å². The molecule has 182 valence electrons. The molecule has 0 saturated heterocycles. The highest BCUT2D eigenvalue weighted by molar-refractivity contribution is 7.60. The van der Waals surface area contributed by atoms with Crippen molar-refractivity contribution in [2.45, 2.75) is 38.8 Å². The van der Waals surface area contributed by atoms with E-state index < -0.39 is 18.7 Å². The van der Waals surface area contributed by atoms with Gasteiger partial charge in [-0.3, -0.25) is 13.7 Å². The van der Waals surface area contributed by atoms with E-state index in [0.29, 0.717) is 51.5 Å². The molecule has 35 heavy (non-hydrogen) atoms. The third-order valence-corrected chi connectivity index (χ3v) is 7.92. The molecule has 1 aliphatic carbocycles. The lowest BCUT2D eigenvalue weighted by atomic mass is 10.1. The number of aromatic nitrogens is 3. The van der Waals surface area contributed by atoms with Gasteiger partial charge in [-0.25, -0.2) is 14.2 Å². The minimum atomic E-state index is -4.74. The van der Waals surface area contributed by atoms with Gasteiger partial charge in [0.15, 0.2) is 11.5 Å². The zero-order chi connectivity index (χ0) is 24.3. The van der Waals surface area contributed by atoms with Gasteiger partial charge in [0.2, 0.25) is 6.79 Å². The summed E-state index contributed by atoms with van der Waals surface area (Å²) in [6.07, 6.45) is 6.09. The average Bonchev–Trinajstić information content (AvgIpc) is 3.55. The fourth-order valence-electron chi connectivity index (χ4n) is 5.27. The molecule has 2 aromatic carbocycles. The number of ether oxygens (including phenoxy) is 2. The van der Waals surface area contributed by atoms with E-state index in [1.54, 1.807) is 21.4 Å². The number of hydrogen-bond acceptors (Lipinski definition) is 5. The third kappa shape index (κ3) is 3.73. The van der Waals surface area contributed by atoms with Gasteiger partial charge < -0.3 is 19.3 Å². The molecule has 0 amide bonds. The van der Waals surface area contributed by atoms with Gasteiger partial charge in [0.25, 0.3) is 0 Å². The molecular formula is C24H23FN3O6P. The SMILES string of the molecule is O=c1n(CC2CCCC2)c2cnc3c4c(ccc3c2n1Cc1ccc(P(=O)(O)O)c(F)c1)OCO4. The Bertz CT molecular complexity index is 1580. The Labute approximate surface area is 198 Å². The predicted octanol–water partition coefficient (Wildman–Crippen LogP) is 3.26. The van der Waals surface area contributed by atoms with Gasteiger partial charge in [-0.2, -0.15) is 0 Å². The zero-order valence-corrected chi connectivity index (χ0v) is 19.6. The summed E-state index contributed by atoms with van der Waals surface area (Å²) in [4.78, 5) is 37.0. The Balaban J connectivity index is 1.54. The second-order valence-corrected chi connectivity index (χ2v) is 10.7. The smallest absolute Gasteiger partial charge is 0.359 e. The molecule has 0 spiro atoms. The van der Waals surface area contributed by atoms with Crippen LogP contribution in [0.4, 0.5) is 4.39 Å². The van der Waals surface area contributed by atoms with Crippen molar-refractivity contribution in [3.8, 4) is 11.5 Å². The van der Waals surface area contributed by atoms with E-state index in [2.05, 4.69) is 4.98 Å². The highest BCUT2D eigenvalue weighted by Crippen LogP contribution is 2.40. The number of rotatable bonds is 5. The standard InChI is InChI=1S/C24H23FN3O6P/c25-17-9-15(5-8-20(17)35(30,31)32)12-28-22-16-6-7-19-23(34-13-33-19)21(16)26-10-18(22)27(24(28)29)11-14-3-1-2-4-14/h5-10,14H,1-4,11-13H2,(H2,30,31,32). The molecule has 2 aromatic heterocycles. The molecule has 0 bridgehead atoms. The minimum absolute atomic E-state index is 0.0267. The van der Waals surface area contributed by atoms with Gasteiger partial charge in [-0.05, 0) is 48.6 Å². The van der Waals surface area contributed by atoms with Crippen molar-refractivity contribution in [3.63, 3.8) is 0 Å². The first-order chi connectivity index (χ1) is 16.8. The maximum Gasteiger partial charge on any atom is 0.359 e. The van der Waals surface area contributed by atoms with Gasteiger partial charge in [0.05, 0.1) is 29.1 Å². The van der Waals surface area contributed by atoms with E-state index in [-0.39, 0.29) is 19.0 Å². The van der Waals surface area contributed by atoms with Crippen molar-refractivity contribution in [2.75, 3.05) is 6.79 Å². The molecule has 6 rings (SSSR count). The number of nitrogens with zero attached hydrogens (tertiary/aromatic N) is 3. The molecule has 0 atom stereocenters. The molecule has 1 saturated carbocycles. The van der Waals surface area contributed by atoms with Crippen LogP contribution >= 0.6 is 7.60 Å². The first-order valence-corrected chi connectivity index (χ1v) is 13.1. The molecular weight excluding hydrogens is 476 g/mol. The summed E-state index contributed by atoms with van der Waals surface area (Å²) < 4.78 is 40.4. The number of fused-ring (bicyclic) bond motifs is 5. The van der Waals surface area contributed by atoms with Gasteiger partial charge in [-0.15, -0.1) is 0 Å². The molecule has 11 heteroatoms. The maximum absolute atomic E-state index is 14.5. The lowest BCUT2D eigenvalue weighted by Gasteiger charge is -2.10. The first kappa shape index (κ1) is 22.3. The second-order valence-electron chi connectivity index (χ2n) is 9.15. The largest absolute Gasteiger partial charge is 0.454 e. The number of imidazole rings is 1. The molecule has 1 aliphatic heterocycles. The van der Waals surface area contributed by atoms with Gasteiger partial charge in [-0.1, -0.05) is 18.9 Å². The van der Waals surface area contributed by atoms with Crippen molar-refractivity contribution >= 4 is 34.8 Å². The summed E-state index contributed by atoms with van der Waals surface area (Å²) in [5.41, 5.74) is 2.07. The fraction of sp³-hybridized carbons (Fsp3) is 0.333. The number of pyridine rings is 1. The Morgan fingerprint density at radius 1 is 1.11 bits per heavy atom. The van der Waals surface area contributed by atoms with E-state index in [4.69, 9.17) is 9.47 Å². The molecule has 0 unspecified atom stereocenters. The van der Waals surface area contributed by atoms with Gasteiger partial charge in [0, 0.05) is 11.9 Å². The van der Waals surface area contributed by atoms with Crippen molar-refractivity contribution in [1.82, 2.24) is 14.1 Å². The van der Waals surface area contributed by atoms with Gasteiger partial charge >= 0.3 is 13.3 Å². The second kappa shape index (κ2) is 8.19. The highest BCUT2D eigenvalue weighted by atomic mass is 31.2. The number of halogens is 1. The summed E-state index contributed by atoms with van der Waals surface area (Å²) in [5, 5.41) is 0.0425. The summed E-state index contributed by atoms with van der Waals surface area (Å²) in [6.45, 7) is 0.694. The van der Waals surface area contributed by atoms with E-state index in [0.717, 1.165) is 37.8 Å². The summed E-state index contributed by atoms with van der Waals surface area (Å²) in [7, 11) is -4.74. The first-order valence-electron chi connectivity index (χ1n) is 11.5. The quantitative estimate of drug-likeness (QED) is 0.405. The topological polar surface area (TPSA) is 116 Å². The summed E-state index contributed by atoms with van der Waals surface area (Å²) in [5.74, 6) is 0.496. The Kier molecular flexibility index (Phi) is 5.21. The summed E-state index contributed by atoms with van der Waals surface area (Å²) in [6, 6.07) is 7.20. The van der Waals surface area contributed by atoms with Crippen LogP contribution in [0.25, 0.3) is 21.9 Å². The Hall–Kier alpha value is -3.20. The minimum Gasteiger partial charge on any atom is -0.454 e.